The van der Waals surface area contributed by atoms with E-state index in [-0.39, 0.29) is 12.2 Å². The molecule has 25 heavy (non-hydrogen) atoms. The zero-order chi connectivity index (χ0) is 18.4. The van der Waals surface area contributed by atoms with Crippen LogP contribution in [-0.4, -0.2) is 25.1 Å². The average molecular weight is 362 g/mol. The molecule has 0 radical (unpaired) electrons. The first-order valence-corrected chi connectivity index (χ1v) is 8.13. The van der Waals surface area contributed by atoms with Crippen molar-refractivity contribution in [2.45, 2.75) is 19.4 Å². The third kappa shape index (κ3) is 4.78. The maximum absolute atomic E-state index is 13.6. The number of methoxy groups -OCH3 is 1. The van der Waals surface area contributed by atoms with Gasteiger partial charge in [0.1, 0.15) is 11.1 Å². The summed E-state index contributed by atoms with van der Waals surface area (Å²) in [6, 6.07) is 7.66. The Hall–Kier alpha value is -2.92. The van der Waals surface area contributed by atoms with Crippen LogP contribution in [0, 0.1) is 17.1 Å². The summed E-state index contributed by atoms with van der Waals surface area (Å²) >= 11 is 1.20. The Kier molecular flexibility index (Phi) is 6.08. The number of halogens is 1. The number of esters is 1. The average Bonchev–Trinajstić information content (AvgIpc) is 3.02. The number of thiophene rings is 1. The predicted molar refractivity (Wildman–Crippen MR) is 89.9 cm³/mol. The third-order valence-corrected chi connectivity index (χ3v) is 4.09. The molecule has 2 aromatic rings. The molecule has 1 aromatic heterocycles. The number of hydrogen-bond acceptors (Lipinski definition) is 6. The molecule has 130 valence electrons. The Bertz CT molecular complexity index is 828. The summed E-state index contributed by atoms with van der Waals surface area (Å²) in [5.74, 6) is -1.72. The highest BCUT2D eigenvalue weighted by molar-refractivity contribution is 7.14. The summed E-state index contributed by atoms with van der Waals surface area (Å²) in [5, 5.41) is 13.5. The van der Waals surface area contributed by atoms with E-state index in [1.165, 1.54) is 37.5 Å². The molecular formula is C17H15FN2O4S. The molecule has 0 saturated heterocycles. The van der Waals surface area contributed by atoms with Crippen LogP contribution in [0.5, 0.6) is 5.75 Å². The SMILES string of the molecule is COc1ccc(CC(=O)O[C@H](C)C(=O)Nc2sccc2C#N)cc1F. The standard InChI is InChI=1S/C17H15FN2O4S/c1-10(16(22)20-17-12(9-19)5-6-25-17)24-15(21)8-11-3-4-14(23-2)13(18)7-11/h3-7,10H,8H2,1-2H3,(H,20,22)/t10-/m1/s1. The number of benzene rings is 1. The summed E-state index contributed by atoms with van der Waals surface area (Å²) < 4.78 is 23.5. The topological polar surface area (TPSA) is 88.4 Å². The van der Waals surface area contributed by atoms with Crippen molar-refractivity contribution >= 4 is 28.2 Å². The van der Waals surface area contributed by atoms with Crippen LogP contribution in [0.4, 0.5) is 9.39 Å². The van der Waals surface area contributed by atoms with E-state index in [1.54, 1.807) is 17.5 Å². The van der Waals surface area contributed by atoms with Gasteiger partial charge < -0.3 is 14.8 Å². The normalized spacial score (nSPS) is 11.3. The molecule has 8 heteroatoms. The van der Waals surface area contributed by atoms with E-state index in [4.69, 9.17) is 14.7 Å². The van der Waals surface area contributed by atoms with Gasteiger partial charge in [0.2, 0.25) is 0 Å². The predicted octanol–water partition coefficient (Wildman–Crippen LogP) is 2.88. The molecule has 2 rings (SSSR count). The minimum Gasteiger partial charge on any atom is -0.494 e. The lowest BCUT2D eigenvalue weighted by molar-refractivity contribution is -0.152. The molecule has 6 nitrogen and oxygen atoms in total. The van der Waals surface area contributed by atoms with Gasteiger partial charge in [-0.1, -0.05) is 6.07 Å². The number of carbonyl (C=O) groups is 2. The molecule has 1 atom stereocenters. The lowest BCUT2D eigenvalue weighted by Crippen LogP contribution is -2.30. The first-order valence-electron chi connectivity index (χ1n) is 7.25. The number of amides is 1. The van der Waals surface area contributed by atoms with Crippen molar-refractivity contribution in [2.75, 3.05) is 12.4 Å². The highest BCUT2D eigenvalue weighted by Crippen LogP contribution is 2.22. The Morgan fingerprint density at radius 2 is 2.16 bits per heavy atom. The molecule has 0 fully saturated rings. The maximum Gasteiger partial charge on any atom is 0.311 e. The van der Waals surface area contributed by atoms with Crippen LogP contribution in [0.25, 0.3) is 0 Å². The fourth-order valence-corrected chi connectivity index (χ4v) is 2.73. The second-order valence-electron chi connectivity index (χ2n) is 5.04. The highest BCUT2D eigenvalue weighted by Gasteiger charge is 2.20. The Balaban J connectivity index is 1.92. The minimum atomic E-state index is -1.05. The molecule has 1 aromatic carbocycles. The van der Waals surface area contributed by atoms with Gasteiger partial charge >= 0.3 is 5.97 Å². The van der Waals surface area contributed by atoms with Crippen molar-refractivity contribution in [1.29, 1.82) is 5.26 Å². The summed E-state index contributed by atoms with van der Waals surface area (Å²) in [7, 11) is 1.35. The van der Waals surface area contributed by atoms with E-state index in [9.17, 15) is 14.0 Å². The van der Waals surface area contributed by atoms with E-state index >= 15 is 0 Å². The van der Waals surface area contributed by atoms with Crippen molar-refractivity contribution in [3.63, 3.8) is 0 Å². The van der Waals surface area contributed by atoms with E-state index in [2.05, 4.69) is 5.32 Å². The maximum atomic E-state index is 13.6. The quantitative estimate of drug-likeness (QED) is 0.798. The number of hydrogen-bond donors (Lipinski definition) is 1. The van der Waals surface area contributed by atoms with Gasteiger partial charge in [0.25, 0.3) is 5.91 Å². The van der Waals surface area contributed by atoms with Crippen LogP contribution in [-0.2, 0) is 20.7 Å². The first-order chi connectivity index (χ1) is 11.9. The molecule has 0 saturated carbocycles. The number of nitrogens with zero attached hydrogens (tertiary/aromatic N) is 1. The minimum absolute atomic E-state index is 0.0779. The highest BCUT2D eigenvalue weighted by atomic mass is 32.1. The molecule has 0 spiro atoms. The van der Waals surface area contributed by atoms with Gasteiger partial charge in [-0.15, -0.1) is 11.3 Å². The van der Waals surface area contributed by atoms with Crippen molar-refractivity contribution in [3.8, 4) is 11.8 Å². The van der Waals surface area contributed by atoms with Crippen LogP contribution in [0.1, 0.15) is 18.1 Å². The lowest BCUT2D eigenvalue weighted by Gasteiger charge is -2.13. The lowest BCUT2D eigenvalue weighted by atomic mass is 10.1. The van der Waals surface area contributed by atoms with Gasteiger partial charge in [0, 0.05) is 0 Å². The summed E-state index contributed by atoms with van der Waals surface area (Å²) in [4.78, 5) is 23.9. The van der Waals surface area contributed by atoms with Crippen molar-refractivity contribution in [1.82, 2.24) is 0 Å². The monoisotopic (exact) mass is 362 g/mol. The zero-order valence-corrected chi connectivity index (χ0v) is 14.4. The Morgan fingerprint density at radius 3 is 2.80 bits per heavy atom. The largest absolute Gasteiger partial charge is 0.494 e. The molecule has 1 N–H and O–H groups in total. The van der Waals surface area contributed by atoms with E-state index in [0.717, 1.165) is 0 Å². The van der Waals surface area contributed by atoms with E-state index < -0.39 is 23.8 Å². The number of nitrogens with one attached hydrogen (secondary N) is 1. The van der Waals surface area contributed by atoms with Crippen molar-refractivity contribution in [2.24, 2.45) is 0 Å². The van der Waals surface area contributed by atoms with Crippen LogP contribution < -0.4 is 10.1 Å². The van der Waals surface area contributed by atoms with Crippen molar-refractivity contribution in [3.05, 3.63) is 46.6 Å². The van der Waals surface area contributed by atoms with Crippen molar-refractivity contribution < 1.29 is 23.5 Å². The summed E-state index contributed by atoms with van der Waals surface area (Å²) in [5.41, 5.74) is 0.742. The number of ether oxygens (including phenoxy) is 2. The smallest absolute Gasteiger partial charge is 0.311 e. The Labute approximate surface area is 147 Å². The number of carbonyl (C=O) groups excluding carboxylic acids is 2. The molecule has 1 heterocycles. The van der Waals surface area contributed by atoms with Crippen LogP contribution in [0.3, 0.4) is 0 Å². The van der Waals surface area contributed by atoms with Crippen LogP contribution >= 0.6 is 11.3 Å². The van der Waals surface area contributed by atoms with Gasteiger partial charge in [-0.3, -0.25) is 9.59 Å². The number of rotatable bonds is 6. The second-order valence-corrected chi connectivity index (χ2v) is 5.96. The fraction of sp³-hybridized carbons (Fsp3) is 0.235. The molecule has 0 unspecified atom stereocenters. The molecule has 0 aliphatic heterocycles. The molecule has 0 aliphatic carbocycles. The Morgan fingerprint density at radius 1 is 1.40 bits per heavy atom. The molecule has 0 bridgehead atoms. The van der Waals surface area contributed by atoms with Gasteiger partial charge in [-0.25, -0.2) is 4.39 Å². The first kappa shape index (κ1) is 18.4. The summed E-state index contributed by atoms with van der Waals surface area (Å²) in [6.07, 6.45) is -1.23. The third-order valence-electron chi connectivity index (χ3n) is 3.26. The second kappa shape index (κ2) is 8.26. The fourth-order valence-electron chi connectivity index (χ4n) is 1.99. The molecule has 1 amide bonds. The van der Waals surface area contributed by atoms with E-state index in [1.807, 2.05) is 6.07 Å². The number of anilines is 1. The van der Waals surface area contributed by atoms with Gasteiger partial charge in [0.05, 0.1) is 19.1 Å². The van der Waals surface area contributed by atoms with Gasteiger partial charge in [0.15, 0.2) is 17.7 Å². The summed E-state index contributed by atoms with van der Waals surface area (Å²) in [6.45, 7) is 1.42. The van der Waals surface area contributed by atoms with E-state index in [0.29, 0.717) is 16.1 Å². The van der Waals surface area contributed by atoms with Gasteiger partial charge in [-0.2, -0.15) is 5.26 Å². The number of nitriles is 1. The zero-order valence-electron chi connectivity index (χ0n) is 13.5. The van der Waals surface area contributed by atoms with Crippen LogP contribution in [0.2, 0.25) is 0 Å². The van der Waals surface area contributed by atoms with Crippen LogP contribution in [0.15, 0.2) is 29.6 Å². The molecule has 0 aliphatic rings. The molecular weight excluding hydrogens is 347 g/mol. The van der Waals surface area contributed by atoms with Gasteiger partial charge in [-0.05, 0) is 36.1 Å².